The van der Waals surface area contributed by atoms with Gasteiger partial charge in [-0.3, -0.25) is 4.79 Å². The summed E-state index contributed by atoms with van der Waals surface area (Å²) in [5.74, 6) is 0.372. The Labute approximate surface area is 141 Å². The van der Waals surface area contributed by atoms with Crippen LogP contribution in [-0.2, 0) is 0 Å². The third-order valence-electron chi connectivity index (χ3n) is 3.43. The molecule has 1 aromatic carbocycles. The predicted molar refractivity (Wildman–Crippen MR) is 94.2 cm³/mol. The maximum Gasteiger partial charge on any atom is 0.276 e. The molecule has 0 radical (unpaired) electrons. The zero-order chi connectivity index (χ0) is 16.7. The monoisotopic (exact) mass is 332 g/mol. The van der Waals surface area contributed by atoms with Crippen molar-refractivity contribution in [3.05, 3.63) is 46.6 Å². The molecular weight excluding hydrogens is 312 g/mol. The maximum absolute atomic E-state index is 12.2. The lowest BCUT2D eigenvalue weighted by atomic mass is 10.2. The van der Waals surface area contributed by atoms with Gasteiger partial charge in [0.05, 0.1) is 0 Å². The molecule has 0 spiro atoms. The van der Waals surface area contributed by atoms with Gasteiger partial charge in [-0.2, -0.15) is 0 Å². The number of hydrogen-bond donors (Lipinski definition) is 2. The smallest absolute Gasteiger partial charge is 0.276 e. The van der Waals surface area contributed by atoms with Crippen LogP contribution in [0, 0.1) is 6.92 Å². The van der Waals surface area contributed by atoms with Crippen molar-refractivity contribution < 1.29 is 4.79 Å². The van der Waals surface area contributed by atoms with Crippen LogP contribution in [-0.4, -0.2) is 22.6 Å². The quantitative estimate of drug-likeness (QED) is 0.742. The number of carbonyl (C=O) groups excluding carboxylic acids is 1. The van der Waals surface area contributed by atoms with E-state index < -0.39 is 0 Å². The zero-order valence-corrected chi connectivity index (χ0v) is 14.2. The van der Waals surface area contributed by atoms with Gasteiger partial charge in [-0.15, -0.1) is 10.2 Å². The largest absolute Gasteiger partial charge is 0.369 e. The Bertz CT molecular complexity index is 658. The summed E-state index contributed by atoms with van der Waals surface area (Å²) in [5.41, 5.74) is 1.87. The first kappa shape index (κ1) is 17.2. The van der Waals surface area contributed by atoms with E-state index in [-0.39, 0.29) is 11.6 Å². The number of hydrogen-bond acceptors (Lipinski definition) is 4. The first-order valence-corrected chi connectivity index (χ1v) is 8.13. The summed E-state index contributed by atoms with van der Waals surface area (Å²) in [6.07, 6.45) is 3.45. The molecule has 1 aromatic heterocycles. The third-order valence-corrected chi connectivity index (χ3v) is 3.67. The summed E-state index contributed by atoms with van der Waals surface area (Å²) in [6, 6.07) is 8.77. The number of benzene rings is 1. The van der Waals surface area contributed by atoms with E-state index in [4.69, 9.17) is 11.6 Å². The highest BCUT2D eigenvalue weighted by atomic mass is 35.5. The molecule has 0 bridgehead atoms. The molecule has 0 aliphatic carbocycles. The van der Waals surface area contributed by atoms with Gasteiger partial charge >= 0.3 is 0 Å². The van der Waals surface area contributed by atoms with Crippen LogP contribution in [0.15, 0.2) is 30.3 Å². The van der Waals surface area contributed by atoms with Crippen LogP contribution in [0.2, 0.25) is 5.02 Å². The van der Waals surface area contributed by atoms with Crippen molar-refractivity contribution in [1.29, 1.82) is 0 Å². The minimum absolute atomic E-state index is 0.267. The molecule has 122 valence electrons. The van der Waals surface area contributed by atoms with Gasteiger partial charge in [-0.05, 0) is 43.2 Å². The Balaban J connectivity index is 1.96. The van der Waals surface area contributed by atoms with Crippen molar-refractivity contribution in [3.8, 4) is 0 Å². The number of unbranched alkanes of at least 4 members (excludes halogenated alkanes) is 2. The normalized spacial score (nSPS) is 10.4. The number of amides is 1. The molecule has 6 heteroatoms. The number of aryl methyl sites for hydroxylation is 1. The number of nitrogens with one attached hydrogen (secondary N) is 2. The fourth-order valence-corrected chi connectivity index (χ4v) is 2.23. The SMILES string of the molecule is CCCCCNc1ccc(C(=O)Nc2cc(Cl)ccc2C)nn1. The highest BCUT2D eigenvalue weighted by Crippen LogP contribution is 2.20. The summed E-state index contributed by atoms with van der Waals surface area (Å²) in [4.78, 5) is 12.2. The summed E-state index contributed by atoms with van der Waals surface area (Å²) < 4.78 is 0. The highest BCUT2D eigenvalue weighted by Gasteiger charge is 2.10. The van der Waals surface area contributed by atoms with Gasteiger partial charge in [0.25, 0.3) is 5.91 Å². The van der Waals surface area contributed by atoms with E-state index in [0.29, 0.717) is 16.5 Å². The lowest BCUT2D eigenvalue weighted by molar-refractivity contribution is 0.102. The van der Waals surface area contributed by atoms with Crippen molar-refractivity contribution >= 4 is 29.0 Å². The molecular formula is C17H21ClN4O. The Morgan fingerprint density at radius 2 is 2.00 bits per heavy atom. The van der Waals surface area contributed by atoms with E-state index in [0.717, 1.165) is 18.5 Å². The van der Waals surface area contributed by atoms with Gasteiger partial charge in [0.1, 0.15) is 5.82 Å². The number of nitrogens with zero attached hydrogens (tertiary/aromatic N) is 2. The molecule has 23 heavy (non-hydrogen) atoms. The average Bonchev–Trinajstić information content (AvgIpc) is 2.55. The van der Waals surface area contributed by atoms with Crippen LogP contribution in [0.1, 0.15) is 42.2 Å². The van der Waals surface area contributed by atoms with Crippen molar-refractivity contribution in [2.75, 3.05) is 17.2 Å². The Kier molecular flexibility index (Phi) is 6.35. The molecule has 0 atom stereocenters. The van der Waals surface area contributed by atoms with Gasteiger partial charge < -0.3 is 10.6 Å². The first-order valence-electron chi connectivity index (χ1n) is 7.75. The van der Waals surface area contributed by atoms with Crippen LogP contribution in [0.4, 0.5) is 11.5 Å². The van der Waals surface area contributed by atoms with Crippen molar-refractivity contribution in [1.82, 2.24) is 10.2 Å². The molecule has 2 rings (SSSR count). The summed E-state index contributed by atoms with van der Waals surface area (Å²) in [6.45, 7) is 4.92. The van der Waals surface area contributed by atoms with E-state index in [9.17, 15) is 4.79 Å². The second-order valence-corrected chi connectivity index (χ2v) is 5.79. The number of rotatable bonds is 7. The molecule has 0 saturated heterocycles. The molecule has 0 unspecified atom stereocenters. The fraction of sp³-hybridized carbons (Fsp3) is 0.353. The van der Waals surface area contributed by atoms with Gasteiger partial charge in [-0.25, -0.2) is 0 Å². The van der Waals surface area contributed by atoms with Gasteiger partial charge in [0.2, 0.25) is 0 Å². The van der Waals surface area contributed by atoms with E-state index in [2.05, 4.69) is 27.8 Å². The lowest BCUT2D eigenvalue weighted by Gasteiger charge is -2.09. The first-order chi connectivity index (χ1) is 11.1. The number of anilines is 2. The average molecular weight is 333 g/mol. The Morgan fingerprint density at radius 1 is 1.17 bits per heavy atom. The number of halogens is 1. The highest BCUT2D eigenvalue weighted by molar-refractivity contribution is 6.31. The summed E-state index contributed by atoms with van der Waals surface area (Å²) in [7, 11) is 0. The van der Waals surface area contributed by atoms with Gasteiger partial charge in [0.15, 0.2) is 5.69 Å². The zero-order valence-electron chi connectivity index (χ0n) is 13.4. The molecule has 5 nitrogen and oxygen atoms in total. The topological polar surface area (TPSA) is 66.9 Å². The van der Waals surface area contributed by atoms with Crippen LogP contribution in [0.5, 0.6) is 0 Å². The van der Waals surface area contributed by atoms with Crippen LogP contribution in [0.3, 0.4) is 0 Å². The maximum atomic E-state index is 12.2. The summed E-state index contributed by atoms with van der Waals surface area (Å²) >= 11 is 5.95. The molecule has 0 saturated carbocycles. The van der Waals surface area contributed by atoms with Crippen molar-refractivity contribution in [3.63, 3.8) is 0 Å². The van der Waals surface area contributed by atoms with Crippen molar-refractivity contribution in [2.45, 2.75) is 33.1 Å². The van der Waals surface area contributed by atoms with E-state index in [1.54, 1.807) is 24.3 Å². The Hall–Kier alpha value is -2.14. The third kappa shape index (κ3) is 5.21. The van der Waals surface area contributed by atoms with Gasteiger partial charge in [-0.1, -0.05) is 37.4 Å². The van der Waals surface area contributed by atoms with E-state index >= 15 is 0 Å². The van der Waals surface area contributed by atoms with Crippen LogP contribution < -0.4 is 10.6 Å². The van der Waals surface area contributed by atoms with Crippen LogP contribution >= 0.6 is 11.6 Å². The standard InChI is InChI=1S/C17H21ClN4O/c1-3-4-5-10-19-16-9-8-14(21-22-16)17(23)20-15-11-13(18)7-6-12(15)2/h6-9,11H,3-5,10H2,1-2H3,(H,19,22)(H,20,23). The minimum atomic E-state index is -0.305. The van der Waals surface area contributed by atoms with Crippen LogP contribution in [0.25, 0.3) is 0 Å². The Morgan fingerprint density at radius 3 is 2.70 bits per heavy atom. The molecule has 0 fully saturated rings. The number of aromatic nitrogens is 2. The molecule has 2 N–H and O–H groups in total. The molecule has 0 aliphatic rings. The molecule has 1 heterocycles. The minimum Gasteiger partial charge on any atom is -0.369 e. The molecule has 0 aliphatic heterocycles. The predicted octanol–water partition coefficient (Wildman–Crippen LogP) is 4.29. The van der Waals surface area contributed by atoms with Gasteiger partial charge in [0, 0.05) is 17.3 Å². The second kappa shape index (κ2) is 8.48. The molecule has 2 aromatic rings. The lowest BCUT2D eigenvalue weighted by Crippen LogP contribution is -2.15. The fourth-order valence-electron chi connectivity index (χ4n) is 2.05. The number of carbonyl (C=O) groups is 1. The van der Waals surface area contributed by atoms with E-state index in [1.165, 1.54) is 12.8 Å². The van der Waals surface area contributed by atoms with Crippen molar-refractivity contribution in [2.24, 2.45) is 0 Å². The van der Waals surface area contributed by atoms with E-state index in [1.807, 2.05) is 13.0 Å². The second-order valence-electron chi connectivity index (χ2n) is 5.35. The molecule has 1 amide bonds. The summed E-state index contributed by atoms with van der Waals surface area (Å²) in [5, 5.41) is 14.6.